The third-order valence-electron chi connectivity index (χ3n) is 6.03. The lowest BCUT2D eigenvalue weighted by Crippen LogP contribution is -2.44. The highest BCUT2D eigenvalue weighted by molar-refractivity contribution is 8.13. The molecule has 0 saturated carbocycles. The number of carbonyl (C=O) groups is 5. The summed E-state index contributed by atoms with van der Waals surface area (Å²) in [5, 5.41) is 7.90. The van der Waals surface area contributed by atoms with Crippen molar-refractivity contribution < 1.29 is 28.7 Å². The summed E-state index contributed by atoms with van der Waals surface area (Å²) < 4.78 is 5.53. The molecule has 2 bridgehead atoms. The van der Waals surface area contributed by atoms with Gasteiger partial charge in [-0.2, -0.15) is 0 Å². The topological polar surface area (TPSA) is 144 Å². The van der Waals surface area contributed by atoms with Crippen LogP contribution >= 0.6 is 11.8 Å². The van der Waals surface area contributed by atoms with Crippen LogP contribution in [0.25, 0.3) is 0 Å². The summed E-state index contributed by atoms with van der Waals surface area (Å²) in [4.78, 5) is 67.0. The minimum Gasteiger partial charge on any atom is -0.456 e. The number of thioether (sulfide) groups is 1. The van der Waals surface area contributed by atoms with E-state index in [0.29, 0.717) is 24.3 Å². The second-order valence-corrected chi connectivity index (χ2v) is 10.6. The maximum atomic E-state index is 12.7. The third-order valence-corrected chi connectivity index (χ3v) is 6.99. The Hall–Kier alpha value is -3.47. The fourth-order valence-corrected chi connectivity index (χ4v) is 4.53. The SMILES string of the molecule is C/C=C1\NC(=O)c2cccc(n2)CNC(=O)C[C@@H](/C=C/CCSC(=O)CCCCCCC)OC(=O)[C@@H](C)NC1=O. The summed E-state index contributed by atoms with van der Waals surface area (Å²) in [5.41, 5.74) is 0.484. The van der Waals surface area contributed by atoms with Crippen LogP contribution < -0.4 is 16.0 Å². The van der Waals surface area contributed by atoms with E-state index in [1.165, 1.54) is 43.7 Å². The molecule has 40 heavy (non-hydrogen) atoms. The van der Waals surface area contributed by atoms with Gasteiger partial charge >= 0.3 is 5.97 Å². The van der Waals surface area contributed by atoms with E-state index in [9.17, 15) is 24.0 Å². The molecule has 3 amide bonds. The fraction of sp³-hybridized carbons (Fsp3) is 0.517. The first-order chi connectivity index (χ1) is 19.2. The predicted molar refractivity (Wildman–Crippen MR) is 154 cm³/mol. The summed E-state index contributed by atoms with van der Waals surface area (Å²) in [7, 11) is 0. The van der Waals surface area contributed by atoms with Gasteiger partial charge in [-0.3, -0.25) is 19.2 Å². The van der Waals surface area contributed by atoms with Gasteiger partial charge in [0.1, 0.15) is 23.5 Å². The van der Waals surface area contributed by atoms with Crippen LogP contribution in [0.2, 0.25) is 0 Å². The Labute approximate surface area is 240 Å². The van der Waals surface area contributed by atoms with Crippen LogP contribution in [-0.4, -0.2) is 51.7 Å². The number of amides is 3. The average Bonchev–Trinajstić information content (AvgIpc) is 2.93. The van der Waals surface area contributed by atoms with E-state index in [1.807, 2.05) is 0 Å². The summed E-state index contributed by atoms with van der Waals surface area (Å²) in [5.74, 6) is -1.80. The van der Waals surface area contributed by atoms with E-state index < -0.39 is 29.9 Å². The van der Waals surface area contributed by atoms with Crippen molar-refractivity contribution in [1.82, 2.24) is 20.9 Å². The molecule has 0 radical (unpaired) electrons. The Kier molecular flexibility index (Phi) is 14.7. The van der Waals surface area contributed by atoms with Crippen LogP contribution in [0, 0.1) is 0 Å². The van der Waals surface area contributed by atoms with E-state index in [0.717, 1.165) is 19.3 Å². The maximum absolute atomic E-state index is 12.7. The van der Waals surface area contributed by atoms with Crippen molar-refractivity contribution in [2.45, 2.75) is 90.8 Å². The largest absolute Gasteiger partial charge is 0.456 e. The molecule has 1 aromatic rings. The molecule has 2 heterocycles. The van der Waals surface area contributed by atoms with Crippen molar-refractivity contribution >= 4 is 40.6 Å². The molecule has 2 rings (SSSR count). The van der Waals surface area contributed by atoms with Gasteiger partial charge < -0.3 is 20.7 Å². The molecule has 1 aliphatic rings. The van der Waals surface area contributed by atoms with Crippen LogP contribution in [0.4, 0.5) is 0 Å². The highest BCUT2D eigenvalue weighted by Crippen LogP contribution is 2.14. The van der Waals surface area contributed by atoms with Gasteiger partial charge in [0.25, 0.3) is 11.8 Å². The standard InChI is InChI=1S/C29H40N4O6S/c1-4-6-7-8-9-16-26(35)40-17-11-10-14-22-18-25(34)30-19-21-13-12-15-24(32-21)28(37)33-23(5-2)27(36)31-20(3)29(38)39-22/h5,10,12-15,20,22H,4,6-9,11,16-19H2,1-3H3,(H,30,34)(H,31,36)(H,33,37)/b14-10+,23-5-/t20-,22-/m1/s1. The molecular formula is C29H40N4O6S. The lowest BCUT2D eigenvalue weighted by Gasteiger charge is -2.19. The average molecular weight is 573 g/mol. The lowest BCUT2D eigenvalue weighted by atomic mass is 10.1. The second kappa shape index (κ2) is 18.0. The molecule has 2 atom stereocenters. The van der Waals surface area contributed by atoms with Crippen LogP contribution in [0.3, 0.4) is 0 Å². The lowest BCUT2D eigenvalue weighted by molar-refractivity contribution is -0.151. The molecule has 0 aromatic carbocycles. The molecule has 10 nitrogen and oxygen atoms in total. The van der Waals surface area contributed by atoms with Gasteiger partial charge in [0.05, 0.1) is 18.7 Å². The molecule has 1 aromatic heterocycles. The van der Waals surface area contributed by atoms with E-state index in [4.69, 9.17) is 4.74 Å². The summed E-state index contributed by atoms with van der Waals surface area (Å²) in [6.07, 6.45) is 10.4. The number of rotatable bonds is 10. The van der Waals surface area contributed by atoms with Crippen molar-refractivity contribution in [3.63, 3.8) is 0 Å². The first-order valence-electron chi connectivity index (χ1n) is 13.8. The van der Waals surface area contributed by atoms with Gasteiger partial charge in [0.2, 0.25) is 5.91 Å². The molecule has 11 heteroatoms. The van der Waals surface area contributed by atoms with Crippen molar-refractivity contribution in [3.8, 4) is 0 Å². The van der Waals surface area contributed by atoms with E-state index in [1.54, 1.807) is 31.2 Å². The number of pyridine rings is 1. The number of unbranched alkanes of at least 4 members (excludes halogenated alkanes) is 4. The summed E-state index contributed by atoms with van der Waals surface area (Å²) >= 11 is 1.28. The number of cyclic esters (lactones) is 1. The Morgan fingerprint density at radius 3 is 2.65 bits per heavy atom. The maximum Gasteiger partial charge on any atom is 0.328 e. The van der Waals surface area contributed by atoms with Crippen molar-refractivity contribution in [3.05, 3.63) is 53.5 Å². The molecule has 0 spiro atoms. The van der Waals surface area contributed by atoms with Gasteiger partial charge in [-0.05, 0) is 44.9 Å². The first kappa shape index (κ1) is 32.7. The number of hydrogen-bond donors (Lipinski definition) is 3. The molecule has 0 unspecified atom stereocenters. The van der Waals surface area contributed by atoms with Gasteiger partial charge in [-0.25, -0.2) is 9.78 Å². The van der Waals surface area contributed by atoms with Crippen LogP contribution in [0.15, 0.2) is 42.1 Å². The summed E-state index contributed by atoms with van der Waals surface area (Å²) in [6, 6.07) is 3.74. The fourth-order valence-electron chi connectivity index (χ4n) is 3.76. The van der Waals surface area contributed by atoms with Crippen LogP contribution in [0.5, 0.6) is 0 Å². The smallest absolute Gasteiger partial charge is 0.328 e. The molecular weight excluding hydrogens is 532 g/mol. The van der Waals surface area contributed by atoms with Crippen molar-refractivity contribution in [2.24, 2.45) is 0 Å². The Morgan fingerprint density at radius 1 is 1.12 bits per heavy atom. The normalized spacial score (nSPS) is 20.1. The van der Waals surface area contributed by atoms with E-state index in [-0.39, 0.29) is 35.4 Å². The number of carbonyl (C=O) groups excluding carboxylic acids is 5. The van der Waals surface area contributed by atoms with E-state index >= 15 is 0 Å². The monoisotopic (exact) mass is 572 g/mol. The quantitative estimate of drug-likeness (QED) is 0.167. The number of nitrogens with zero attached hydrogens (tertiary/aromatic N) is 1. The van der Waals surface area contributed by atoms with Crippen LogP contribution in [-0.2, 0) is 30.5 Å². The molecule has 0 fully saturated rings. The third kappa shape index (κ3) is 12.1. The minimum absolute atomic E-state index is 0.0401. The molecule has 218 valence electrons. The number of aromatic nitrogens is 1. The highest BCUT2D eigenvalue weighted by Gasteiger charge is 2.24. The number of ether oxygens (including phenoxy) is 1. The second-order valence-electron chi connectivity index (χ2n) is 9.42. The predicted octanol–water partition coefficient (Wildman–Crippen LogP) is 3.72. The van der Waals surface area contributed by atoms with Gasteiger partial charge in [-0.15, -0.1) is 0 Å². The van der Waals surface area contributed by atoms with Crippen LogP contribution in [0.1, 0.15) is 88.3 Å². The Bertz CT molecular complexity index is 1100. The Balaban J connectivity index is 2.04. The number of fused-ring (bicyclic) bond motifs is 2. The minimum atomic E-state index is -1.04. The summed E-state index contributed by atoms with van der Waals surface area (Å²) in [6.45, 7) is 5.25. The molecule has 1 aliphatic heterocycles. The molecule has 0 aliphatic carbocycles. The highest BCUT2D eigenvalue weighted by atomic mass is 32.2. The Morgan fingerprint density at radius 2 is 1.90 bits per heavy atom. The zero-order valence-corrected chi connectivity index (χ0v) is 24.3. The zero-order valence-electron chi connectivity index (χ0n) is 23.5. The number of esters is 1. The first-order valence-corrected chi connectivity index (χ1v) is 14.8. The molecule has 0 saturated heterocycles. The molecule has 3 N–H and O–H groups in total. The number of nitrogens with one attached hydrogen (secondary N) is 3. The zero-order chi connectivity index (χ0) is 29.3. The van der Waals surface area contributed by atoms with Gasteiger partial charge in [-0.1, -0.05) is 62.6 Å². The van der Waals surface area contributed by atoms with E-state index in [2.05, 4.69) is 27.9 Å². The van der Waals surface area contributed by atoms with Crippen molar-refractivity contribution in [1.29, 1.82) is 0 Å². The van der Waals surface area contributed by atoms with Gasteiger partial charge in [0.15, 0.2) is 5.12 Å². The van der Waals surface area contributed by atoms with Gasteiger partial charge in [0, 0.05) is 12.2 Å². The number of hydrogen-bond acceptors (Lipinski definition) is 8. The van der Waals surface area contributed by atoms with Crippen molar-refractivity contribution in [2.75, 3.05) is 5.75 Å². The number of allylic oxidation sites excluding steroid dienone is 2.